The van der Waals surface area contributed by atoms with Crippen molar-refractivity contribution in [2.45, 2.75) is 32.4 Å². The summed E-state index contributed by atoms with van der Waals surface area (Å²) in [5, 5.41) is 6.42. The number of alkyl carbamates (subject to hydrolysis) is 1. The zero-order valence-electron chi connectivity index (χ0n) is 16.3. The molecule has 3 aromatic carbocycles. The molecule has 0 spiro atoms. The number of rotatable bonds is 3. The van der Waals surface area contributed by atoms with Gasteiger partial charge < -0.3 is 15.0 Å². The van der Waals surface area contributed by atoms with Crippen LogP contribution in [-0.2, 0) is 4.74 Å². The average Bonchev–Trinajstić information content (AvgIpc) is 3.08. The molecule has 0 saturated carbocycles. The minimum absolute atomic E-state index is 0.336. The Bertz CT molecular complexity index is 1130. The van der Waals surface area contributed by atoms with Gasteiger partial charge in [-0.2, -0.15) is 0 Å². The van der Waals surface area contributed by atoms with Crippen LogP contribution in [0.3, 0.4) is 0 Å². The van der Waals surface area contributed by atoms with Gasteiger partial charge in [-0.25, -0.2) is 4.79 Å². The maximum atomic E-state index is 12.7. The number of amides is 1. The molecule has 1 atom stereocenters. The highest BCUT2D eigenvalue weighted by atomic mass is 16.6. The molecule has 0 aliphatic heterocycles. The minimum atomic E-state index is -0.562. The van der Waals surface area contributed by atoms with E-state index in [1.165, 1.54) is 0 Å². The van der Waals surface area contributed by atoms with Crippen molar-refractivity contribution in [1.82, 2.24) is 10.3 Å². The van der Waals surface area contributed by atoms with E-state index in [1.807, 2.05) is 63.4 Å². The molecule has 4 nitrogen and oxygen atoms in total. The van der Waals surface area contributed by atoms with Crippen LogP contribution in [0, 0.1) is 0 Å². The van der Waals surface area contributed by atoms with Gasteiger partial charge >= 0.3 is 6.09 Å². The van der Waals surface area contributed by atoms with E-state index in [-0.39, 0.29) is 6.04 Å². The molecule has 142 valence electrons. The van der Waals surface area contributed by atoms with Gasteiger partial charge in [0.2, 0.25) is 0 Å². The molecule has 1 heterocycles. The molecule has 4 rings (SSSR count). The quantitative estimate of drug-likeness (QED) is 0.468. The third-order valence-corrected chi connectivity index (χ3v) is 4.73. The topological polar surface area (TPSA) is 54.1 Å². The summed E-state index contributed by atoms with van der Waals surface area (Å²) in [5.74, 6) is 0. The Morgan fingerprint density at radius 3 is 2.36 bits per heavy atom. The Hall–Kier alpha value is -3.27. The largest absolute Gasteiger partial charge is 0.444 e. The monoisotopic (exact) mass is 372 g/mol. The number of hydrogen-bond acceptors (Lipinski definition) is 2. The fourth-order valence-electron chi connectivity index (χ4n) is 3.58. The number of carbonyl (C=O) groups excluding carboxylic acids is 1. The van der Waals surface area contributed by atoms with Crippen molar-refractivity contribution in [2.75, 3.05) is 0 Å². The lowest BCUT2D eigenvalue weighted by atomic mass is 9.93. The Morgan fingerprint density at radius 1 is 0.893 bits per heavy atom. The summed E-state index contributed by atoms with van der Waals surface area (Å²) in [4.78, 5) is 16.0. The van der Waals surface area contributed by atoms with Gasteiger partial charge in [0.1, 0.15) is 5.60 Å². The summed E-state index contributed by atoms with van der Waals surface area (Å²) in [5.41, 5.74) is 2.52. The maximum Gasteiger partial charge on any atom is 0.408 e. The fourth-order valence-corrected chi connectivity index (χ4v) is 3.58. The Labute approximate surface area is 164 Å². The zero-order valence-corrected chi connectivity index (χ0v) is 16.3. The Morgan fingerprint density at radius 2 is 1.57 bits per heavy atom. The van der Waals surface area contributed by atoms with Crippen LogP contribution in [0.5, 0.6) is 0 Å². The van der Waals surface area contributed by atoms with E-state index in [0.717, 1.165) is 32.8 Å². The molecule has 2 N–H and O–H groups in total. The summed E-state index contributed by atoms with van der Waals surface area (Å²) in [7, 11) is 0. The summed E-state index contributed by atoms with van der Waals surface area (Å²) in [6.45, 7) is 5.60. The van der Waals surface area contributed by atoms with Gasteiger partial charge in [0.25, 0.3) is 0 Å². The second-order valence-electron chi connectivity index (χ2n) is 7.94. The number of aromatic amines is 1. The van der Waals surface area contributed by atoms with Gasteiger partial charge in [0, 0.05) is 22.7 Å². The molecule has 0 radical (unpaired) electrons. The highest BCUT2D eigenvalue weighted by Gasteiger charge is 2.25. The predicted octanol–water partition coefficient (Wildman–Crippen LogP) is 5.94. The summed E-state index contributed by atoms with van der Waals surface area (Å²) in [6.07, 6.45) is 1.53. The molecule has 0 aliphatic rings. The standard InChI is InChI=1S/C24H24N2O2/c1-24(2,3)28-23(27)26-22(20-15-25-21-14-7-6-12-18(20)21)19-13-8-10-16-9-4-5-11-17(16)19/h4-15,22,25H,1-3H3,(H,26,27)/t22-/m0/s1. The Balaban J connectivity index is 1.85. The SMILES string of the molecule is CC(C)(C)OC(=O)N[C@@H](c1cccc2ccccc12)c1c[nH]c2ccccc12. The van der Waals surface area contributed by atoms with Crippen LogP contribution >= 0.6 is 0 Å². The van der Waals surface area contributed by atoms with Gasteiger partial charge in [-0.1, -0.05) is 60.7 Å². The number of para-hydroxylation sites is 1. The third kappa shape index (κ3) is 3.58. The van der Waals surface area contributed by atoms with Crippen LogP contribution in [0.15, 0.2) is 72.9 Å². The van der Waals surface area contributed by atoms with Crippen molar-refractivity contribution in [3.05, 3.63) is 84.1 Å². The fraction of sp³-hybridized carbons (Fsp3) is 0.208. The average molecular weight is 372 g/mol. The molecule has 4 aromatic rings. The molecular weight excluding hydrogens is 348 g/mol. The zero-order chi connectivity index (χ0) is 19.7. The van der Waals surface area contributed by atoms with Crippen molar-refractivity contribution in [3.63, 3.8) is 0 Å². The number of carbonyl (C=O) groups is 1. The second-order valence-corrected chi connectivity index (χ2v) is 7.94. The van der Waals surface area contributed by atoms with E-state index in [2.05, 4.69) is 40.6 Å². The number of aromatic nitrogens is 1. The molecular formula is C24H24N2O2. The number of H-pyrrole nitrogens is 1. The van der Waals surface area contributed by atoms with E-state index in [9.17, 15) is 4.79 Å². The second kappa shape index (κ2) is 7.04. The van der Waals surface area contributed by atoms with Crippen LogP contribution in [0.4, 0.5) is 4.79 Å². The minimum Gasteiger partial charge on any atom is -0.444 e. The van der Waals surface area contributed by atoms with E-state index in [0.29, 0.717) is 0 Å². The van der Waals surface area contributed by atoms with E-state index >= 15 is 0 Å². The number of fused-ring (bicyclic) bond motifs is 2. The summed E-state index contributed by atoms with van der Waals surface area (Å²) >= 11 is 0. The first-order chi connectivity index (χ1) is 13.4. The van der Waals surface area contributed by atoms with Crippen LogP contribution in [0.25, 0.3) is 21.7 Å². The predicted molar refractivity (Wildman–Crippen MR) is 113 cm³/mol. The maximum absolute atomic E-state index is 12.7. The van der Waals surface area contributed by atoms with Gasteiger partial charge in [-0.15, -0.1) is 0 Å². The third-order valence-electron chi connectivity index (χ3n) is 4.73. The van der Waals surface area contributed by atoms with E-state index in [4.69, 9.17) is 4.74 Å². The lowest BCUT2D eigenvalue weighted by Gasteiger charge is -2.25. The van der Waals surface area contributed by atoms with Gasteiger partial charge in [0.05, 0.1) is 6.04 Å². The van der Waals surface area contributed by atoms with Crippen LogP contribution in [0.1, 0.15) is 37.9 Å². The normalized spacial score (nSPS) is 12.8. The van der Waals surface area contributed by atoms with E-state index in [1.54, 1.807) is 0 Å². The smallest absolute Gasteiger partial charge is 0.408 e. The molecule has 0 saturated heterocycles. The highest BCUT2D eigenvalue weighted by molar-refractivity contribution is 5.90. The van der Waals surface area contributed by atoms with Crippen molar-refractivity contribution < 1.29 is 9.53 Å². The van der Waals surface area contributed by atoms with Crippen LogP contribution in [0.2, 0.25) is 0 Å². The van der Waals surface area contributed by atoms with Crippen LogP contribution < -0.4 is 5.32 Å². The first-order valence-electron chi connectivity index (χ1n) is 9.45. The van der Waals surface area contributed by atoms with Gasteiger partial charge in [0.15, 0.2) is 0 Å². The van der Waals surface area contributed by atoms with Crippen molar-refractivity contribution in [3.8, 4) is 0 Å². The molecule has 4 heteroatoms. The Kier molecular flexibility index (Phi) is 4.55. The lowest BCUT2D eigenvalue weighted by molar-refractivity contribution is 0.0513. The first-order valence-corrected chi connectivity index (χ1v) is 9.45. The van der Waals surface area contributed by atoms with E-state index < -0.39 is 11.7 Å². The molecule has 0 unspecified atom stereocenters. The molecule has 1 aromatic heterocycles. The summed E-state index contributed by atoms with van der Waals surface area (Å²) in [6, 6.07) is 22.1. The molecule has 0 aliphatic carbocycles. The molecule has 1 amide bonds. The highest BCUT2D eigenvalue weighted by Crippen LogP contribution is 2.33. The van der Waals surface area contributed by atoms with Crippen molar-refractivity contribution in [2.24, 2.45) is 0 Å². The van der Waals surface area contributed by atoms with Gasteiger partial charge in [-0.3, -0.25) is 0 Å². The van der Waals surface area contributed by atoms with Crippen molar-refractivity contribution in [1.29, 1.82) is 0 Å². The van der Waals surface area contributed by atoms with Gasteiger partial charge in [-0.05, 0) is 43.2 Å². The first kappa shape index (κ1) is 18.1. The number of benzene rings is 3. The number of hydrogen-bond donors (Lipinski definition) is 2. The number of ether oxygens (including phenoxy) is 1. The lowest BCUT2D eigenvalue weighted by Crippen LogP contribution is -2.35. The molecule has 28 heavy (non-hydrogen) atoms. The number of nitrogens with one attached hydrogen (secondary N) is 2. The summed E-state index contributed by atoms with van der Waals surface area (Å²) < 4.78 is 5.55. The molecule has 0 bridgehead atoms. The molecule has 0 fully saturated rings. The van der Waals surface area contributed by atoms with Crippen LogP contribution in [-0.4, -0.2) is 16.7 Å². The van der Waals surface area contributed by atoms with Crippen molar-refractivity contribution >= 4 is 27.8 Å².